The van der Waals surface area contributed by atoms with Crippen molar-refractivity contribution in [3.63, 3.8) is 0 Å². The zero-order valence-corrected chi connectivity index (χ0v) is 33.0. The SMILES string of the molecule is COc1nc2c(cc1-c1ccc3c(n1)C[C@@H]1C[C@@H](C)C[C@@]34[C@@H]1CCCN4C(=O)OC(C)(C)C)[C@@]13C[C@H](C)C[C@@H](C2)[C@H]1CCCN3C(=O)OC(C)(C)C. The number of ether oxygens (including phenoxy) is 3. The van der Waals surface area contributed by atoms with Crippen LogP contribution in [-0.4, -0.2) is 63.4 Å². The number of likely N-dealkylation sites (tertiary alicyclic amines) is 2. The topological polar surface area (TPSA) is 94.1 Å². The van der Waals surface area contributed by atoms with Crippen LogP contribution in [0.2, 0.25) is 0 Å². The average molecular weight is 713 g/mol. The molecule has 4 heterocycles. The van der Waals surface area contributed by atoms with E-state index in [4.69, 9.17) is 24.2 Å². The fourth-order valence-corrected chi connectivity index (χ4v) is 12.2. The standard InChI is InChI=1S/C43H60N4O5/c1-25-18-27-20-35-32(42(23-25)30(27)12-10-16-46(42)38(48)51-40(3,4)5)14-15-34(44-35)29-22-33-36(45-37(29)50-9)21-28-19-26(2)24-43(33)31(28)13-11-17-47(43)39(49)52-41(6,7)8/h14-15,22,25-28,30-31H,10-13,16-21,23-24H2,1-9H3/t25-,26-,27+,28+,30-,31-,42-,43-/m1/s1. The monoisotopic (exact) mass is 712 g/mol. The van der Waals surface area contributed by atoms with Gasteiger partial charge in [0, 0.05) is 24.3 Å². The minimum Gasteiger partial charge on any atom is -0.480 e. The van der Waals surface area contributed by atoms with Crippen LogP contribution in [0, 0.1) is 35.5 Å². The van der Waals surface area contributed by atoms with E-state index >= 15 is 0 Å². The van der Waals surface area contributed by atoms with Gasteiger partial charge in [0.1, 0.15) is 11.2 Å². The third-order valence-corrected chi connectivity index (χ3v) is 13.4. The van der Waals surface area contributed by atoms with Crippen LogP contribution in [0.3, 0.4) is 0 Å². The summed E-state index contributed by atoms with van der Waals surface area (Å²) in [5.74, 6) is 3.23. The Morgan fingerprint density at radius 2 is 1.25 bits per heavy atom. The number of methoxy groups -OCH3 is 1. The molecule has 0 unspecified atom stereocenters. The number of nitrogens with zero attached hydrogens (tertiary/aromatic N) is 4. The minimum atomic E-state index is -0.583. The third-order valence-electron chi connectivity index (χ3n) is 13.4. The third kappa shape index (κ3) is 5.61. The molecular formula is C43H60N4O5. The molecule has 2 amide bonds. The number of carbonyl (C=O) groups is 2. The number of carbonyl (C=O) groups excluding carboxylic acids is 2. The summed E-state index contributed by atoms with van der Waals surface area (Å²) in [5, 5.41) is 0. The van der Waals surface area contributed by atoms with Gasteiger partial charge in [-0.2, -0.15) is 0 Å². The van der Waals surface area contributed by atoms with Gasteiger partial charge in [-0.25, -0.2) is 14.6 Å². The maximum atomic E-state index is 14.1. The molecule has 8 rings (SSSR count). The van der Waals surface area contributed by atoms with Gasteiger partial charge in [-0.3, -0.25) is 14.8 Å². The Labute approximate surface area is 310 Å². The summed E-state index contributed by atoms with van der Waals surface area (Å²) in [6, 6.07) is 6.67. The van der Waals surface area contributed by atoms with Gasteiger partial charge in [0.05, 0.1) is 35.1 Å². The van der Waals surface area contributed by atoms with E-state index in [1.165, 1.54) is 5.56 Å². The molecule has 2 saturated carbocycles. The van der Waals surface area contributed by atoms with E-state index in [-0.39, 0.29) is 12.2 Å². The predicted molar refractivity (Wildman–Crippen MR) is 200 cm³/mol. The molecule has 2 aromatic heterocycles. The van der Waals surface area contributed by atoms with Gasteiger partial charge in [-0.1, -0.05) is 19.9 Å². The number of pyridine rings is 2. The lowest BCUT2D eigenvalue weighted by Gasteiger charge is -2.61. The maximum Gasteiger partial charge on any atom is 0.411 e. The van der Waals surface area contributed by atoms with Gasteiger partial charge in [0.2, 0.25) is 5.88 Å². The highest BCUT2D eigenvalue weighted by molar-refractivity contribution is 5.73. The number of amides is 2. The lowest BCUT2D eigenvalue weighted by Crippen LogP contribution is -2.64. The number of fused-ring (bicyclic) bond motifs is 2. The Balaban J connectivity index is 1.26. The Kier molecular flexibility index (Phi) is 8.46. The van der Waals surface area contributed by atoms with Crippen molar-refractivity contribution in [3.05, 3.63) is 40.7 Å². The second kappa shape index (κ2) is 12.3. The summed E-state index contributed by atoms with van der Waals surface area (Å²) in [6.45, 7) is 17.8. The minimum absolute atomic E-state index is 0.210. The zero-order chi connectivity index (χ0) is 37.0. The highest BCUT2D eigenvalue weighted by atomic mass is 16.6. The van der Waals surface area contributed by atoms with Gasteiger partial charge in [0.25, 0.3) is 0 Å². The quantitative estimate of drug-likeness (QED) is 0.307. The van der Waals surface area contributed by atoms with Gasteiger partial charge >= 0.3 is 12.2 Å². The van der Waals surface area contributed by atoms with Crippen LogP contribution in [0.25, 0.3) is 11.3 Å². The van der Waals surface area contributed by atoms with E-state index < -0.39 is 22.3 Å². The molecule has 0 spiro atoms. The lowest BCUT2D eigenvalue weighted by atomic mass is 9.53. The van der Waals surface area contributed by atoms with E-state index in [0.29, 0.717) is 54.5 Å². The number of piperidine rings is 2. The zero-order valence-electron chi connectivity index (χ0n) is 33.0. The van der Waals surface area contributed by atoms with Crippen molar-refractivity contribution >= 4 is 12.2 Å². The van der Waals surface area contributed by atoms with Crippen LogP contribution in [0.15, 0.2) is 18.2 Å². The van der Waals surface area contributed by atoms with Crippen molar-refractivity contribution < 1.29 is 23.8 Å². The van der Waals surface area contributed by atoms with Crippen molar-refractivity contribution in [2.75, 3.05) is 20.2 Å². The van der Waals surface area contributed by atoms with E-state index in [1.807, 2.05) is 41.5 Å². The molecule has 282 valence electrons. The molecule has 6 aliphatic rings. The van der Waals surface area contributed by atoms with Crippen LogP contribution >= 0.6 is 0 Å². The lowest BCUT2D eigenvalue weighted by molar-refractivity contribution is -0.0937. The molecule has 9 heteroatoms. The molecule has 0 radical (unpaired) electrons. The fraction of sp³-hybridized carbons (Fsp3) is 0.721. The molecular weight excluding hydrogens is 652 g/mol. The van der Waals surface area contributed by atoms with Crippen molar-refractivity contribution in [2.45, 2.75) is 142 Å². The maximum absolute atomic E-state index is 14.1. The Morgan fingerprint density at radius 1 is 0.750 bits per heavy atom. The van der Waals surface area contributed by atoms with Crippen LogP contribution in [0.5, 0.6) is 5.88 Å². The van der Waals surface area contributed by atoms with E-state index in [2.05, 4.69) is 41.8 Å². The van der Waals surface area contributed by atoms with Gasteiger partial charge < -0.3 is 14.2 Å². The first-order valence-corrected chi connectivity index (χ1v) is 20.1. The largest absolute Gasteiger partial charge is 0.480 e. The molecule has 2 saturated heterocycles. The van der Waals surface area contributed by atoms with Crippen molar-refractivity contribution in [1.29, 1.82) is 0 Å². The van der Waals surface area contributed by atoms with Crippen LogP contribution in [0.1, 0.15) is 129 Å². The summed E-state index contributed by atoms with van der Waals surface area (Å²) < 4.78 is 18.3. The fourth-order valence-electron chi connectivity index (χ4n) is 12.2. The Morgan fingerprint density at radius 3 is 1.75 bits per heavy atom. The van der Waals surface area contributed by atoms with Gasteiger partial charge in [-0.15, -0.1) is 0 Å². The molecule has 2 aliphatic heterocycles. The number of aromatic nitrogens is 2. The molecule has 52 heavy (non-hydrogen) atoms. The highest BCUT2D eigenvalue weighted by Crippen LogP contribution is 2.61. The molecule has 0 aromatic carbocycles. The summed E-state index contributed by atoms with van der Waals surface area (Å²) in [4.78, 5) is 43.0. The first-order chi connectivity index (χ1) is 24.5. The van der Waals surface area contributed by atoms with E-state index in [1.54, 1.807) is 7.11 Å². The summed E-state index contributed by atoms with van der Waals surface area (Å²) in [7, 11) is 1.70. The number of rotatable bonds is 2. The van der Waals surface area contributed by atoms with E-state index in [9.17, 15) is 9.59 Å². The number of hydrogen-bond donors (Lipinski definition) is 0. The summed E-state index contributed by atoms with van der Waals surface area (Å²) >= 11 is 0. The van der Waals surface area contributed by atoms with Crippen molar-refractivity contribution in [3.8, 4) is 17.1 Å². The molecule has 0 N–H and O–H groups in total. The molecule has 8 atom stereocenters. The molecule has 2 aromatic rings. The molecule has 9 nitrogen and oxygen atoms in total. The van der Waals surface area contributed by atoms with Crippen LogP contribution < -0.4 is 4.74 Å². The van der Waals surface area contributed by atoms with Crippen molar-refractivity contribution in [1.82, 2.24) is 19.8 Å². The predicted octanol–water partition coefficient (Wildman–Crippen LogP) is 9.04. The average Bonchev–Trinajstić information content (AvgIpc) is 3.04. The second-order valence-corrected chi connectivity index (χ2v) is 19.4. The van der Waals surface area contributed by atoms with Gasteiger partial charge in [-0.05, 0) is 159 Å². The Hall–Kier alpha value is -3.36. The normalized spacial score (nSPS) is 33.6. The molecule has 4 aliphatic carbocycles. The molecule has 4 fully saturated rings. The second-order valence-electron chi connectivity index (χ2n) is 19.4. The first kappa shape index (κ1) is 35.7. The smallest absolute Gasteiger partial charge is 0.411 e. The highest BCUT2D eigenvalue weighted by Gasteiger charge is 2.61. The Bertz CT molecular complexity index is 1760. The molecule has 4 bridgehead atoms. The number of hydrogen-bond acceptors (Lipinski definition) is 7. The van der Waals surface area contributed by atoms with Crippen molar-refractivity contribution in [2.24, 2.45) is 35.5 Å². The van der Waals surface area contributed by atoms with Crippen LogP contribution in [0.4, 0.5) is 9.59 Å². The van der Waals surface area contributed by atoms with Gasteiger partial charge in [0.15, 0.2) is 0 Å². The van der Waals surface area contributed by atoms with E-state index in [0.717, 1.165) is 92.4 Å². The summed E-state index contributed by atoms with van der Waals surface area (Å²) in [6.07, 6.45) is 9.69. The first-order valence-electron chi connectivity index (χ1n) is 20.1. The summed E-state index contributed by atoms with van der Waals surface area (Å²) in [5.41, 5.74) is 4.11. The van der Waals surface area contributed by atoms with Crippen LogP contribution in [-0.2, 0) is 33.4 Å².